The van der Waals surface area contributed by atoms with Gasteiger partial charge in [-0.05, 0) is 70.3 Å². The van der Waals surface area contributed by atoms with Crippen LogP contribution < -0.4 is 0 Å². The van der Waals surface area contributed by atoms with E-state index in [9.17, 15) is 0 Å². The molecule has 1 aromatic heterocycles. The van der Waals surface area contributed by atoms with E-state index in [1.165, 1.54) is 33.5 Å². The van der Waals surface area contributed by atoms with Gasteiger partial charge in [-0.25, -0.2) is 4.98 Å². The molecule has 0 N–H and O–H groups in total. The fourth-order valence-corrected chi connectivity index (χ4v) is 5.00. The molecule has 2 nitrogen and oxygen atoms in total. The summed E-state index contributed by atoms with van der Waals surface area (Å²) in [5.41, 5.74) is 11.0. The van der Waals surface area contributed by atoms with Crippen molar-refractivity contribution < 1.29 is 0 Å². The van der Waals surface area contributed by atoms with Gasteiger partial charge in [0, 0.05) is 5.56 Å². The summed E-state index contributed by atoms with van der Waals surface area (Å²) in [6, 6.07) is 32.6. The quantitative estimate of drug-likeness (QED) is 0.262. The van der Waals surface area contributed by atoms with Crippen LogP contribution in [0.4, 0.5) is 0 Å². The largest absolute Gasteiger partial charge is 0.292 e. The van der Waals surface area contributed by atoms with Gasteiger partial charge in [0.2, 0.25) is 0 Å². The van der Waals surface area contributed by atoms with Gasteiger partial charge < -0.3 is 0 Å². The summed E-state index contributed by atoms with van der Waals surface area (Å²) < 4.78 is 2.40. The Labute approximate surface area is 209 Å². The Morgan fingerprint density at radius 3 is 2.09 bits per heavy atom. The average molecular weight is 459 g/mol. The SMILES string of the molecule is Cc1ccccc1-c1cc(C(C)C)c(-n2c(-c3ccccc3)nc3ccccc32)c(C(C)(C)C)c1. The van der Waals surface area contributed by atoms with E-state index >= 15 is 0 Å². The number of hydrogen-bond acceptors (Lipinski definition) is 1. The molecule has 0 saturated heterocycles. The van der Waals surface area contributed by atoms with Crippen LogP contribution in [0.1, 0.15) is 57.2 Å². The van der Waals surface area contributed by atoms with Crippen molar-refractivity contribution in [2.24, 2.45) is 0 Å². The van der Waals surface area contributed by atoms with Crippen molar-refractivity contribution in [3.63, 3.8) is 0 Å². The highest BCUT2D eigenvalue weighted by Crippen LogP contribution is 2.42. The van der Waals surface area contributed by atoms with Crippen molar-refractivity contribution in [1.82, 2.24) is 9.55 Å². The first-order chi connectivity index (χ1) is 16.8. The Kier molecular flexibility index (Phi) is 5.84. The lowest BCUT2D eigenvalue weighted by Gasteiger charge is -2.29. The van der Waals surface area contributed by atoms with Crippen molar-refractivity contribution in [2.75, 3.05) is 0 Å². The second-order valence-electron chi connectivity index (χ2n) is 10.8. The van der Waals surface area contributed by atoms with Crippen molar-refractivity contribution in [1.29, 1.82) is 0 Å². The first-order valence-corrected chi connectivity index (χ1v) is 12.5. The monoisotopic (exact) mass is 458 g/mol. The molecule has 0 atom stereocenters. The molecule has 0 amide bonds. The lowest BCUT2D eigenvalue weighted by Crippen LogP contribution is -2.18. The Morgan fingerprint density at radius 1 is 0.743 bits per heavy atom. The van der Waals surface area contributed by atoms with Crippen LogP contribution in [0.15, 0.2) is 91.0 Å². The standard InChI is InChI=1S/C33H34N2/c1-22(2)27-20-25(26-17-11-10-14-23(26)3)21-28(33(4,5)6)31(27)35-30-19-13-12-18-29(30)34-32(35)24-15-8-7-9-16-24/h7-22H,1-6H3. The molecular formula is C33H34N2. The summed E-state index contributed by atoms with van der Waals surface area (Å²) in [4.78, 5) is 5.14. The minimum absolute atomic E-state index is 0.0585. The van der Waals surface area contributed by atoms with Gasteiger partial charge in [0.1, 0.15) is 5.82 Å². The van der Waals surface area contributed by atoms with Crippen molar-refractivity contribution >= 4 is 11.0 Å². The molecule has 4 aromatic carbocycles. The summed E-state index contributed by atoms with van der Waals surface area (Å²) in [6.07, 6.45) is 0. The maximum atomic E-state index is 5.14. The second-order valence-corrected chi connectivity index (χ2v) is 10.8. The number of para-hydroxylation sites is 2. The second kappa shape index (κ2) is 8.85. The lowest BCUT2D eigenvalue weighted by atomic mass is 9.80. The molecule has 0 aliphatic carbocycles. The number of aromatic nitrogens is 2. The molecular weight excluding hydrogens is 424 g/mol. The van der Waals surface area contributed by atoms with Gasteiger partial charge in [-0.15, -0.1) is 0 Å². The van der Waals surface area contributed by atoms with Gasteiger partial charge in [0.05, 0.1) is 16.7 Å². The molecule has 0 aliphatic heterocycles. The number of aryl methyl sites for hydroxylation is 1. The van der Waals surface area contributed by atoms with Crippen LogP contribution in [-0.4, -0.2) is 9.55 Å². The zero-order valence-corrected chi connectivity index (χ0v) is 21.6. The Balaban J connectivity index is 1.92. The normalized spacial score (nSPS) is 12.0. The van der Waals surface area contributed by atoms with E-state index in [-0.39, 0.29) is 5.41 Å². The number of hydrogen-bond donors (Lipinski definition) is 0. The van der Waals surface area contributed by atoms with Crippen LogP contribution in [0, 0.1) is 6.92 Å². The third kappa shape index (κ3) is 4.18. The van der Waals surface area contributed by atoms with Crippen molar-refractivity contribution in [2.45, 2.75) is 52.9 Å². The maximum Gasteiger partial charge on any atom is 0.145 e. The van der Waals surface area contributed by atoms with Crippen LogP contribution in [0.2, 0.25) is 0 Å². The molecule has 0 fully saturated rings. The van der Waals surface area contributed by atoms with Crippen LogP contribution in [-0.2, 0) is 5.41 Å². The molecule has 0 spiro atoms. The third-order valence-electron chi connectivity index (χ3n) is 6.84. The van der Waals surface area contributed by atoms with Gasteiger partial charge in [0.15, 0.2) is 0 Å². The predicted octanol–water partition coefficient (Wildman–Crippen LogP) is 9.09. The number of nitrogens with zero attached hydrogens (tertiary/aromatic N) is 2. The molecule has 1 heterocycles. The molecule has 5 rings (SSSR count). The summed E-state index contributed by atoms with van der Waals surface area (Å²) in [7, 11) is 0. The first kappa shape index (κ1) is 23.1. The lowest BCUT2D eigenvalue weighted by molar-refractivity contribution is 0.585. The van der Waals surface area contributed by atoms with Crippen LogP contribution in [0.3, 0.4) is 0 Å². The van der Waals surface area contributed by atoms with Crippen LogP contribution in [0.5, 0.6) is 0 Å². The number of imidazole rings is 1. The Morgan fingerprint density at radius 2 is 1.40 bits per heavy atom. The fourth-order valence-electron chi connectivity index (χ4n) is 5.00. The average Bonchev–Trinajstić information content (AvgIpc) is 3.23. The molecule has 176 valence electrons. The summed E-state index contributed by atoms with van der Waals surface area (Å²) in [5.74, 6) is 1.34. The van der Waals surface area contributed by atoms with E-state index in [0.717, 1.165) is 22.4 Å². The molecule has 0 radical (unpaired) electrons. The highest BCUT2D eigenvalue weighted by molar-refractivity contribution is 5.85. The smallest absolute Gasteiger partial charge is 0.145 e. The maximum absolute atomic E-state index is 5.14. The van der Waals surface area contributed by atoms with Crippen LogP contribution in [0.25, 0.3) is 39.2 Å². The first-order valence-electron chi connectivity index (χ1n) is 12.5. The number of benzene rings is 4. The highest BCUT2D eigenvalue weighted by Gasteiger charge is 2.27. The van der Waals surface area contributed by atoms with E-state index in [0.29, 0.717) is 5.92 Å². The van der Waals surface area contributed by atoms with Gasteiger partial charge in [-0.2, -0.15) is 0 Å². The molecule has 5 aromatic rings. The number of fused-ring (bicyclic) bond motifs is 1. The third-order valence-corrected chi connectivity index (χ3v) is 6.84. The van der Waals surface area contributed by atoms with E-state index < -0.39 is 0 Å². The molecule has 0 unspecified atom stereocenters. The highest BCUT2D eigenvalue weighted by atomic mass is 15.1. The van der Waals surface area contributed by atoms with Gasteiger partial charge in [-0.1, -0.05) is 101 Å². The fraction of sp³-hybridized carbons (Fsp3) is 0.242. The topological polar surface area (TPSA) is 17.8 Å². The molecule has 0 bridgehead atoms. The summed E-state index contributed by atoms with van der Waals surface area (Å²) in [6.45, 7) is 13.8. The molecule has 0 saturated carbocycles. The Bertz CT molecular complexity index is 1500. The van der Waals surface area contributed by atoms with Gasteiger partial charge in [0.25, 0.3) is 0 Å². The van der Waals surface area contributed by atoms with Gasteiger partial charge in [-0.3, -0.25) is 4.57 Å². The number of rotatable bonds is 4. The summed E-state index contributed by atoms with van der Waals surface area (Å²) >= 11 is 0. The molecule has 0 aliphatic rings. The minimum Gasteiger partial charge on any atom is -0.292 e. The van der Waals surface area contributed by atoms with Gasteiger partial charge >= 0.3 is 0 Å². The molecule has 35 heavy (non-hydrogen) atoms. The Hall–Kier alpha value is -3.65. The van der Waals surface area contributed by atoms with E-state index in [1.54, 1.807) is 0 Å². The zero-order valence-electron chi connectivity index (χ0n) is 21.6. The van der Waals surface area contributed by atoms with Crippen LogP contribution >= 0.6 is 0 Å². The van der Waals surface area contributed by atoms with Crippen molar-refractivity contribution in [3.8, 4) is 28.2 Å². The van der Waals surface area contributed by atoms with E-state index in [2.05, 4.69) is 137 Å². The van der Waals surface area contributed by atoms with E-state index in [1.807, 2.05) is 0 Å². The zero-order chi connectivity index (χ0) is 24.7. The minimum atomic E-state index is -0.0585. The van der Waals surface area contributed by atoms with E-state index in [4.69, 9.17) is 4.98 Å². The predicted molar refractivity (Wildman–Crippen MR) is 149 cm³/mol. The van der Waals surface area contributed by atoms with Crippen molar-refractivity contribution in [3.05, 3.63) is 108 Å². The summed E-state index contributed by atoms with van der Waals surface area (Å²) in [5, 5.41) is 0. The molecule has 2 heteroatoms.